The molecule has 1 N–H and O–H groups in total. The number of halogens is 1. The Bertz CT molecular complexity index is 1130. The summed E-state index contributed by atoms with van der Waals surface area (Å²) in [5.74, 6) is -0.113. The van der Waals surface area contributed by atoms with E-state index in [1.807, 2.05) is 24.3 Å². The fourth-order valence-corrected chi connectivity index (χ4v) is 6.17. The summed E-state index contributed by atoms with van der Waals surface area (Å²) in [5.41, 5.74) is 2.20. The molecule has 4 rings (SSSR count). The average Bonchev–Trinajstić information content (AvgIpc) is 3.12. The van der Waals surface area contributed by atoms with Crippen LogP contribution in [0.5, 0.6) is 0 Å². The number of H-pyrrole nitrogens is 1. The summed E-state index contributed by atoms with van der Waals surface area (Å²) in [7, 11) is -0.764. The second kappa shape index (κ2) is 8.78. The summed E-state index contributed by atoms with van der Waals surface area (Å²) in [4.78, 5) is 15.2. The summed E-state index contributed by atoms with van der Waals surface area (Å²) in [6, 6.07) is 29.6. The van der Waals surface area contributed by atoms with Gasteiger partial charge in [0.2, 0.25) is 0 Å². The van der Waals surface area contributed by atoms with Gasteiger partial charge < -0.3 is 4.98 Å². The smallest absolute Gasteiger partial charge is 0.170 e. The highest BCUT2D eigenvalue weighted by atomic mass is 35.5. The SMILES string of the molecule is CC(=O)C(Cl)=CCc1[nH]c2ccccc2c1P(c1ccccc1)c1ccccc1. The van der Waals surface area contributed by atoms with Crippen molar-refractivity contribution in [2.75, 3.05) is 0 Å². The molecule has 0 fully saturated rings. The molecule has 0 aliphatic carbocycles. The van der Waals surface area contributed by atoms with Crippen molar-refractivity contribution in [2.24, 2.45) is 0 Å². The van der Waals surface area contributed by atoms with E-state index in [-0.39, 0.29) is 10.8 Å². The number of nitrogens with one attached hydrogen (secondary N) is 1. The van der Waals surface area contributed by atoms with E-state index in [4.69, 9.17) is 11.6 Å². The number of rotatable bonds is 6. The van der Waals surface area contributed by atoms with Crippen LogP contribution in [0, 0.1) is 0 Å². The highest BCUT2D eigenvalue weighted by Gasteiger charge is 2.23. The van der Waals surface area contributed by atoms with Crippen LogP contribution >= 0.6 is 19.5 Å². The molecule has 4 heteroatoms. The monoisotopic (exact) mass is 417 g/mol. The van der Waals surface area contributed by atoms with Crippen molar-refractivity contribution in [3.63, 3.8) is 0 Å². The van der Waals surface area contributed by atoms with Crippen LogP contribution in [0.25, 0.3) is 10.9 Å². The number of hydrogen-bond donors (Lipinski definition) is 1. The Hall–Kier alpha value is -2.67. The van der Waals surface area contributed by atoms with Gasteiger partial charge in [-0.25, -0.2) is 0 Å². The predicted octanol–water partition coefficient (Wildman–Crippen LogP) is 5.18. The Morgan fingerprint density at radius 3 is 2.03 bits per heavy atom. The van der Waals surface area contributed by atoms with E-state index in [0.717, 1.165) is 11.2 Å². The van der Waals surface area contributed by atoms with Crippen LogP contribution < -0.4 is 15.9 Å². The van der Waals surface area contributed by atoms with Gasteiger partial charge in [-0.05, 0) is 24.6 Å². The van der Waals surface area contributed by atoms with Crippen LogP contribution in [0.1, 0.15) is 12.6 Å². The Balaban J connectivity index is 1.94. The number of fused-ring (bicyclic) bond motifs is 1. The maximum absolute atomic E-state index is 11.6. The van der Waals surface area contributed by atoms with Crippen molar-refractivity contribution in [1.29, 1.82) is 0 Å². The number of Topliss-reactive ketones (excluding diaryl/α,β-unsaturated/α-hetero) is 1. The molecule has 144 valence electrons. The summed E-state index contributed by atoms with van der Waals surface area (Å²) in [6.45, 7) is 1.49. The van der Waals surface area contributed by atoms with Crippen LogP contribution in [-0.2, 0) is 11.2 Å². The average molecular weight is 418 g/mol. The summed E-state index contributed by atoms with van der Waals surface area (Å²) in [5, 5.41) is 5.37. The zero-order valence-corrected chi connectivity index (χ0v) is 17.8. The molecule has 0 saturated heterocycles. The van der Waals surface area contributed by atoms with Crippen molar-refractivity contribution in [3.8, 4) is 0 Å². The summed E-state index contributed by atoms with van der Waals surface area (Å²) >= 11 is 6.13. The molecule has 0 bridgehead atoms. The van der Waals surface area contributed by atoms with E-state index >= 15 is 0 Å². The van der Waals surface area contributed by atoms with Gasteiger partial charge in [0.25, 0.3) is 0 Å². The zero-order chi connectivity index (χ0) is 20.2. The van der Waals surface area contributed by atoms with Crippen molar-refractivity contribution in [2.45, 2.75) is 13.3 Å². The molecule has 0 spiro atoms. The Morgan fingerprint density at radius 2 is 1.45 bits per heavy atom. The molecule has 3 aromatic carbocycles. The number of carbonyl (C=O) groups is 1. The van der Waals surface area contributed by atoms with E-state index in [9.17, 15) is 4.79 Å². The number of aromatic nitrogens is 1. The number of aromatic amines is 1. The third kappa shape index (κ3) is 4.19. The Labute approximate surface area is 177 Å². The van der Waals surface area contributed by atoms with Crippen molar-refractivity contribution in [3.05, 3.63) is 102 Å². The van der Waals surface area contributed by atoms with Crippen LogP contribution in [0.4, 0.5) is 0 Å². The lowest BCUT2D eigenvalue weighted by molar-refractivity contribution is -0.113. The van der Waals surface area contributed by atoms with Gasteiger partial charge in [0.1, 0.15) is 0 Å². The predicted molar refractivity (Wildman–Crippen MR) is 125 cm³/mol. The van der Waals surface area contributed by atoms with E-state index in [1.54, 1.807) is 0 Å². The van der Waals surface area contributed by atoms with Gasteiger partial charge in [-0.15, -0.1) is 0 Å². The van der Waals surface area contributed by atoms with E-state index in [2.05, 4.69) is 71.7 Å². The molecule has 0 aliphatic heterocycles. The second-order valence-electron chi connectivity index (χ2n) is 6.82. The lowest BCUT2D eigenvalue weighted by atomic mass is 10.2. The quantitative estimate of drug-likeness (QED) is 0.340. The van der Waals surface area contributed by atoms with E-state index < -0.39 is 7.92 Å². The number of allylic oxidation sites excluding steroid dienone is 2. The first-order chi connectivity index (χ1) is 14.1. The Kier molecular flexibility index (Phi) is 5.94. The number of benzene rings is 3. The number of para-hydroxylation sites is 1. The number of ketones is 1. The summed E-state index contributed by atoms with van der Waals surface area (Å²) in [6.07, 6.45) is 2.39. The molecule has 2 nitrogen and oxygen atoms in total. The second-order valence-corrected chi connectivity index (χ2v) is 9.37. The van der Waals surface area contributed by atoms with Gasteiger partial charge in [0.15, 0.2) is 5.78 Å². The molecule has 0 saturated carbocycles. The lowest BCUT2D eigenvalue weighted by Gasteiger charge is -2.20. The minimum Gasteiger partial charge on any atom is -0.358 e. The molecule has 1 aromatic heterocycles. The molecular formula is C25H21ClNOP. The van der Waals surface area contributed by atoms with Gasteiger partial charge in [-0.3, -0.25) is 4.79 Å². The minimum absolute atomic E-state index is 0.113. The highest BCUT2D eigenvalue weighted by Crippen LogP contribution is 2.37. The number of hydrogen-bond acceptors (Lipinski definition) is 1. The van der Waals surface area contributed by atoms with E-state index in [1.165, 1.54) is 28.2 Å². The van der Waals surface area contributed by atoms with Crippen LogP contribution in [0.3, 0.4) is 0 Å². The fourth-order valence-electron chi connectivity index (χ4n) is 3.48. The third-order valence-corrected chi connectivity index (χ3v) is 7.84. The maximum Gasteiger partial charge on any atom is 0.170 e. The third-order valence-electron chi connectivity index (χ3n) is 4.83. The molecular weight excluding hydrogens is 397 g/mol. The maximum atomic E-state index is 11.6. The fraction of sp³-hybridized carbons (Fsp3) is 0.0800. The van der Waals surface area contributed by atoms with Crippen molar-refractivity contribution in [1.82, 2.24) is 4.98 Å². The molecule has 4 aromatic rings. The zero-order valence-electron chi connectivity index (χ0n) is 16.1. The molecule has 0 aliphatic rings. The normalized spacial score (nSPS) is 11.9. The molecule has 0 unspecified atom stereocenters. The van der Waals surface area contributed by atoms with Gasteiger partial charge in [-0.2, -0.15) is 0 Å². The van der Waals surface area contributed by atoms with Crippen LogP contribution in [0.2, 0.25) is 0 Å². The first-order valence-corrected chi connectivity index (χ1v) is 11.2. The van der Waals surface area contributed by atoms with Crippen LogP contribution in [-0.4, -0.2) is 10.8 Å². The van der Waals surface area contributed by atoms with Crippen molar-refractivity contribution >= 4 is 52.1 Å². The molecule has 29 heavy (non-hydrogen) atoms. The molecule has 0 radical (unpaired) electrons. The minimum atomic E-state index is -0.764. The van der Waals surface area contributed by atoms with Gasteiger partial charge in [-0.1, -0.05) is 96.5 Å². The van der Waals surface area contributed by atoms with Crippen molar-refractivity contribution < 1.29 is 4.79 Å². The highest BCUT2D eigenvalue weighted by molar-refractivity contribution is 7.80. The first-order valence-electron chi connectivity index (χ1n) is 9.51. The largest absolute Gasteiger partial charge is 0.358 e. The van der Waals surface area contributed by atoms with Gasteiger partial charge in [0, 0.05) is 35.2 Å². The Morgan fingerprint density at radius 1 is 0.897 bits per heavy atom. The molecule has 0 atom stereocenters. The van der Waals surface area contributed by atoms with Gasteiger partial charge in [0.05, 0.1) is 5.03 Å². The summed E-state index contributed by atoms with van der Waals surface area (Å²) < 4.78 is 0. The standard InChI is InChI=1S/C25H21ClNOP/c1-18(28)22(26)16-17-24-25(21-14-8-9-15-23(21)27-24)29(19-10-4-2-5-11-19)20-12-6-3-7-13-20/h2-16,27H,17H2,1H3. The topological polar surface area (TPSA) is 32.9 Å². The van der Waals surface area contributed by atoms with Gasteiger partial charge >= 0.3 is 0 Å². The lowest BCUT2D eigenvalue weighted by Crippen LogP contribution is -2.22. The molecule has 1 heterocycles. The van der Waals surface area contributed by atoms with E-state index in [0.29, 0.717) is 6.42 Å². The first kappa shape index (κ1) is 19.6. The molecule has 0 amide bonds. The van der Waals surface area contributed by atoms with Crippen LogP contribution in [0.15, 0.2) is 96.0 Å². The number of carbonyl (C=O) groups excluding carboxylic acids is 1.